The van der Waals surface area contributed by atoms with E-state index in [0.717, 1.165) is 5.56 Å². The summed E-state index contributed by atoms with van der Waals surface area (Å²) in [5.74, 6) is -1.23. The van der Waals surface area contributed by atoms with Crippen molar-refractivity contribution in [2.45, 2.75) is 32.3 Å². The molecular weight excluding hydrogens is 232 g/mol. The molecule has 0 aliphatic heterocycles. The van der Waals surface area contributed by atoms with E-state index in [-0.39, 0.29) is 12.2 Å². The number of esters is 1. The van der Waals surface area contributed by atoms with E-state index in [1.54, 1.807) is 6.92 Å². The number of carbonyl (C=O) groups is 3. The van der Waals surface area contributed by atoms with Gasteiger partial charge in [0.2, 0.25) is 0 Å². The van der Waals surface area contributed by atoms with Crippen molar-refractivity contribution in [3.8, 4) is 0 Å². The van der Waals surface area contributed by atoms with E-state index >= 15 is 0 Å². The lowest BCUT2D eigenvalue weighted by Gasteiger charge is -2.18. The first kappa shape index (κ1) is 14.1. The first-order valence-corrected chi connectivity index (χ1v) is 5.75. The highest BCUT2D eigenvalue weighted by molar-refractivity contribution is 5.92. The molecular formula is C14H16O4. The van der Waals surface area contributed by atoms with E-state index in [2.05, 4.69) is 0 Å². The Labute approximate surface area is 106 Å². The van der Waals surface area contributed by atoms with Gasteiger partial charge in [-0.15, -0.1) is 0 Å². The summed E-state index contributed by atoms with van der Waals surface area (Å²) in [5.41, 5.74) is 0.838. The van der Waals surface area contributed by atoms with Crippen molar-refractivity contribution >= 4 is 18.0 Å². The predicted molar refractivity (Wildman–Crippen MR) is 66.1 cm³/mol. The molecule has 2 unspecified atom stereocenters. The summed E-state index contributed by atoms with van der Waals surface area (Å²) in [4.78, 5) is 33.6. The van der Waals surface area contributed by atoms with Crippen LogP contribution in [-0.2, 0) is 19.1 Å². The predicted octanol–water partition coefficient (Wildman–Crippen LogP) is 1.88. The van der Waals surface area contributed by atoms with Crippen LogP contribution < -0.4 is 0 Å². The van der Waals surface area contributed by atoms with Crippen molar-refractivity contribution in [2.24, 2.45) is 0 Å². The third-order valence-electron chi connectivity index (χ3n) is 2.66. The molecule has 0 saturated heterocycles. The molecule has 4 nitrogen and oxygen atoms in total. The second kappa shape index (κ2) is 6.69. The van der Waals surface area contributed by atoms with Gasteiger partial charge in [0.1, 0.15) is 6.29 Å². The molecule has 4 heteroatoms. The Morgan fingerprint density at radius 3 is 2.39 bits per heavy atom. The first-order chi connectivity index (χ1) is 8.56. The number of ether oxygens (including phenoxy) is 1. The Kier molecular flexibility index (Phi) is 5.24. The standard InChI is InChI=1S/C14H16O4/c1-10(12-6-4-3-5-7-12)14(17)13(8-9-15)18-11(2)16/h3-7,9-10,13H,8H2,1-2H3. The molecule has 1 aromatic carbocycles. The van der Waals surface area contributed by atoms with Crippen molar-refractivity contribution < 1.29 is 19.1 Å². The Morgan fingerprint density at radius 2 is 1.89 bits per heavy atom. The fourth-order valence-electron chi connectivity index (χ4n) is 1.69. The Hall–Kier alpha value is -1.97. The lowest BCUT2D eigenvalue weighted by Crippen LogP contribution is -2.30. The van der Waals surface area contributed by atoms with Gasteiger partial charge in [0, 0.05) is 19.3 Å². The maximum atomic E-state index is 12.1. The molecule has 0 fully saturated rings. The van der Waals surface area contributed by atoms with E-state index in [0.29, 0.717) is 6.29 Å². The van der Waals surface area contributed by atoms with Crippen LogP contribution >= 0.6 is 0 Å². The van der Waals surface area contributed by atoms with Crippen LogP contribution in [0.4, 0.5) is 0 Å². The van der Waals surface area contributed by atoms with Crippen molar-refractivity contribution in [3.05, 3.63) is 35.9 Å². The molecule has 0 aliphatic rings. The van der Waals surface area contributed by atoms with Gasteiger partial charge in [0.05, 0.1) is 0 Å². The second-order valence-corrected chi connectivity index (χ2v) is 4.04. The Bertz CT molecular complexity index is 425. The fraction of sp³-hybridized carbons (Fsp3) is 0.357. The van der Waals surface area contributed by atoms with E-state index in [1.165, 1.54) is 6.92 Å². The van der Waals surface area contributed by atoms with Gasteiger partial charge in [-0.05, 0) is 5.56 Å². The summed E-state index contributed by atoms with van der Waals surface area (Å²) in [6, 6.07) is 9.18. The zero-order chi connectivity index (χ0) is 13.5. The number of hydrogen-bond acceptors (Lipinski definition) is 4. The summed E-state index contributed by atoms with van der Waals surface area (Å²) in [5, 5.41) is 0. The van der Waals surface area contributed by atoms with Crippen LogP contribution in [0.3, 0.4) is 0 Å². The van der Waals surface area contributed by atoms with Crippen LogP contribution in [-0.4, -0.2) is 24.1 Å². The number of rotatable bonds is 6. The maximum Gasteiger partial charge on any atom is 0.303 e. The summed E-state index contributed by atoms with van der Waals surface area (Å²) < 4.78 is 4.88. The number of carbonyl (C=O) groups excluding carboxylic acids is 3. The third kappa shape index (κ3) is 3.80. The van der Waals surface area contributed by atoms with Crippen molar-refractivity contribution in [3.63, 3.8) is 0 Å². The lowest BCUT2D eigenvalue weighted by molar-refractivity contribution is -0.154. The molecule has 1 rings (SSSR count). The number of benzene rings is 1. The summed E-state index contributed by atoms with van der Waals surface area (Å²) in [7, 11) is 0. The number of ketones is 1. The molecule has 18 heavy (non-hydrogen) atoms. The Morgan fingerprint density at radius 1 is 1.28 bits per heavy atom. The van der Waals surface area contributed by atoms with Gasteiger partial charge in [0.15, 0.2) is 11.9 Å². The summed E-state index contributed by atoms with van der Waals surface area (Å²) in [6.45, 7) is 2.96. The minimum absolute atomic E-state index is 0.102. The molecule has 0 N–H and O–H groups in total. The van der Waals surface area contributed by atoms with Gasteiger partial charge in [-0.1, -0.05) is 37.3 Å². The molecule has 0 spiro atoms. The molecule has 0 heterocycles. The van der Waals surface area contributed by atoms with E-state index in [9.17, 15) is 14.4 Å². The molecule has 2 atom stereocenters. The zero-order valence-electron chi connectivity index (χ0n) is 10.5. The van der Waals surface area contributed by atoms with Gasteiger partial charge in [-0.3, -0.25) is 9.59 Å². The molecule has 1 aromatic rings. The quantitative estimate of drug-likeness (QED) is 0.569. The Balaban J connectivity index is 2.82. The number of aldehydes is 1. The van der Waals surface area contributed by atoms with Crippen LogP contribution in [0.2, 0.25) is 0 Å². The van der Waals surface area contributed by atoms with E-state index in [1.807, 2.05) is 30.3 Å². The average Bonchev–Trinajstić information content (AvgIpc) is 2.37. The zero-order valence-corrected chi connectivity index (χ0v) is 10.5. The highest BCUT2D eigenvalue weighted by Crippen LogP contribution is 2.19. The topological polar surface area (TPSA) is 60.4 Å². The molecule has 0 saturated carbocycles. The highest BCUT2D eigenvalue weighted by atomic mass is 16.5. The van der Waals surface area contributed by atoms with Crippen molar-refractivity contribution in [1.29, 1.82) is 0 Å². The van der Waals surface area contributed by atoms with Gasteiger partial charge < -0.3 is 9.53 Å². The first-order valence-electron chi connectivity index (χ1n) is 5.75. The highest BCUT2D eigenvalue weighted by Gasteiger charge is 2.26. The maximum absolute atomic E-state index is 12.1. The summed E-state index contributed by atoms with van der Waals surface area (Å²) in [6.07, 6.45) is -0.506. The molecule has 0 bridgehead atoms. The molecule has 0 radical (unpaired) electrons. The van der Waals surface area contributed by atoms with E-state index in [4.69, 9.17) is 4.74 Å². The molecule has 0 aromatic heterocycles. The minimum atomic E-state index is -0.991. The second-order valence-electron chi connectivity index (χ2n) is 4.04. The van der Waals surface area contributed by atoms with Crippen LogP contribution in [0.5, 0.6) is 0 Å². The summed E-state index contributed by atoms with van der Waals surface area (Å²) >= 11 is 0. The average molecular weight is 248 g/mol. The van der Waals surface area contributed by atoms with E-state index < -0.39 is 18.0 Å². The largest absolute Gasteiger partial charge is 0.454 e. The third-order valence-corrected chi connectivity index (χ3v) is 2.66. The smallest absolute Gasteiger partial charge is 0.303 e. The van der Waals surface area contributed by atoms with Gasteiger partial charge in [-0.25, -0.2) is 0 Å². The lowest BCUT2D eigenvalue weighted by atomic mass is 9.92. The molecule has 0 aliphatic carbocycles. The fourth-order valence-corrected chi connectivity index (χ4v) is 1.69. The normalized spacial score (nSPS) is 13.4. The monoisotopic (exact) mass is 248 g/mol. The van der Waals surface area contributed by atoms with Crippen molar-refractivity contribution in [1.82, 2.24) is 0 Å². The minimum Gasteiger partial charge on any atom is -0.454 e. The number of hydrogen-bond donors (Lipinski definition) is 0. The van der Waals surface area contributed by atoms with Crippen molar-refractivity contribution in [2.75, 3.05) is 0 Å². The number of Topliss-reactive ketones (excluding diaryl/α,β-unsaturated/α-hetero) is 1. The van der Waals surface area contributed by atoms with Crippen LogP contribution in [0, 0.1) is 0 Å². The molecule has 0 amide bonds. The van der Waals surface area contributed by atoms with Crippen LogP contribution in [0.1, 0.15) is 31.7 Å². The van der Waals surface area contributed by atoms with Gasteiger partial charge >= 0.3 is 5.97 Å². The van der Waals surface area contributed by atoms with Gasteiger partial charge in [0.25, 0.3) is 0 Å². The van der Waals surface area contributed by atoms with Crippen LogP contribution in [0.25, 0.3) is 0 Å². The van der Waals surface area contributed by atoms with Gasteiger partial charge in [-0.2, -0.15) is 0 Å². The molecule has 96 valence electrons. The van der Waals surface area contributed by atoms with Crippen LogP contribution in [0.15, 0.2) is 30.3 Å². The SMILES string of the molecule is CC(=O)OC(CC=O)C(=O)C(C)c1ccccc1.